The van der Waals surface area contributed by atoms with Crippen molar-refractivity contribution in [1.82, 2.24) is 4.31 Å². The molecule has 0 aromatic heterocycles. The summed E-state index contributed by atoms with van der Waals surface area (Å²) in [7, 11) is -3.52. The number of hydrogen-bond donors (Lipinski definition) is 1. The number of aliphatic hydroxyl groups is 1. The van der Waals surface area contributed by atoms with E-state index in [1.165, 1.54) is 0 Å². The molecule has 2 aliphatic heterocycles. The highest BCUT2D eigenvalue weighted by molar-refractivity contribution is 7.89. The van der Waals surface area contributed by atoms with Gasteiger partial charge >= 0.3 is 0 Å². The first-order valence-electron chi connectivity index (χ1n) is 7.85. The second kappa shape index (κ2) is 6.28. The van der Waals surface area contributed by atoms with Gasteiger partial charge in [-0.05, 0) is 37.8 Å². The summed E-state index contributed by atoms with van der Waals surface area (Å²) in [6, 6.07) is 6.91. The lowest BCUT2D eigenvalue weighted by atomic mass is 9.90. The molecule has 0 unspecified atom stereocenters. The highest BCUT2D eigenvalue weighted by Crippen LogP contribution is 2.34. The summed E-state index contributed by atoms with van der Waals surface area (Å²) in [5.41, 5.74) is 0.758. The van der Waals surface area contributed by atoms with E-state index in [0.717, 1.165) is 18.4 Å². The Hall–Kier alpha value is -0.950. The smallest absolute Gasteiger partial charge is 0.243 e. The monoisotopic (exact) mass is 325 g/mol. The minimum atomic E-state index is -3.52. The van der Waals surface area contributed by atoms with E-state index >= 15 is 0 Å². The molecule has 3 atom stereocenters. The van der Waals surface area contributed by atoms with E-state index in [1.807, 2.05) is 19.1 Å². The molecule has 1 aromatic rings. The van der Waals surface area contributed by atoms with E-state index in [9.17, 15) is 13.5 Å². The predicted molar refractivity (Wildman–Crippen MR) is 83.0 cm³/mol. The Kier molecular flexibility index (Phi) is 4.54. The molecule has 1 aromatic carbocycles. The van der Waals surface area contributed by atoms with Crippen LogP contribution < -0.4 is 0 Å². The summed E-state index contributed by atoms with van der Waals surface area (Å²) in [4.78, 5) is 0.369. The Bertz CT molecular complexity index is 631. The number of sulfonamides is 1. The van der Waals surface area contributed by atoms with Gasteiger partial charge in [0.15, 0.2) is 0 Å². The maximum atomic E-state index is 13.0. The van der Waals surface area contributed by atoms with Gasteiger partial charge in [-0.25, -0.2) is 8.42 Å². The Balaban J connectivity index is 1.91. The number of rotatable bonds is 3. The van der Waals surface area contributed by atoms with Crippen molar-refractivity contribution in [2.24, 2.45) is 5.92 Å². The van der Waals surface area contributed by atoms with Crippen LogP contribution in [-0.4, -0.2) is 49.7 Å². The van der Waals surface area contributed by atoms with Gasteiger partial charge in [0.25, 0.3) is 0 Å². The molecule has 0 spiro atoms. The Morgan fingerprint density at radius 1 is 1.27 bits per heavy atom. The number of nitrogens with zero attached hydrogens (tertiary/aromatic N) is 1. The van der Waals surface area contributed by atoms with Crippen LogP contribution in [0.15, 0.2) is 29.2 Å². The number of benzene rings is 1. The van der Waals surface area contributed by atoms with Gasteiger partial charge in [0.05, 0.1) is 17.6 Å². The van der Waals surface area contributed by atoms with Gasteiger partial charge in [-0.1, -0.05) is 18.2 Å². The van der Waals surface area contributed by atoms with Crippen molar-refractivity contribution in [2.45, 2.75) is 43.2 Å². The maximum Gasteiger partial charge on any atom is 0.243 e. The molecule has 2 heterocycles. The topological polar surface area (TPSA) is 66.8 Å². The number of ether oxygens (including phenoxy) is 1. The maximum absolute atomic E-state index is 13.0. The van der Waals surface area contributed by atoms with E-state index in [0.29, 0.717) is 31.1 Å². The Labute approximate surface area is 131 Å². The van der Waals surface area contributed by atoms with E-state index in [4.69, 9.17) is 4.74 Å². The highest BCUT2D eigenvalue weighted by atomic mass is 32.2. The average molecular weight is 325 g/mol. The first-order valence-corrected chi connectivity index (χ1v) is 9.29. The van der Waals surface area contributed by atoms with Crippen LogP contribution in [0.1, 0.15) is 24.8 Å². The fourth-order valence-corrected chi connectivity index (χ4v) is 5.55. The van der Waals surface area contributed by atoms with Gasteiger partial charge in [0.1, 0.15) is 0 Å². The van der Waals surface area contributed by atoms with Crippen LogP contribution in [0.2, 0.25) is 0 Å². The number of hydrogen-bond acceptors (Lipinski definition) is 4. The van der Waals surface area contributed by atoms with Gasteiger partial charge in [-0.3, -0.25) is 0 Å². The molecule has 2 fully saturated rings. The molecule has 0 amide bonds. The van der Waals surface area contributed by atoms with Crippen LogP contribution in [-0.2, 0) is 14.8 Å². The third kappa shape index (κ3) is 2.80. The van der Waals surface area contributed by atoms with Crippen LogP contribution >= 0.6 is 0 Å². The Morgan fingerprint density at radius 3 is 2.77 bits per heavy atom. The SMILES string of the molecule is Cc1ccccc1S(=O)(=O)N1CCC[C@@H]1[C@@H]1COCC[C@@H]1O. The van der Waals surface area contributed by atoms with E-state index in [1.54, 1.807) is 16.4 Å². The summed E-state index contributed by atoms with van der Waals surface area (Å²) < 4.78 is 33.1. The molecule has 2 aliphatic rings. The van der Waals surface area contributed by atoms with Crippen LogP contribution in [0.3, 0.4) is 0 Å². The van der Waals surface area contributed by atoms with Crippen LogP contribution in [0.4, 0.5) is 0 Å². The lowest BCUT2D eigenvalue weighted by Gasteiger charge is -2.36. The lowest BCUT2D eigenvalue weighted by molar-refractivity contribution is -0.0543. The van der Waals surface area contributed by atoms with Gasteiger partial charge in [-0.2, -0.15) is 4.31 Å². The summed E-state index contributed by atoms with van der Waals surface area (Å²) in [6.07, 6.45) is 1.72. The average Bonchev–Trinajstić information content (AvgIpc) is 2.98. The van der Waals surface area contributed by atoms with Gasteiger partial charge < -0.3 is 9.84 Å². The van der Waals surface area contributed by atoms with Crippen molar-refractivity contribution in [3.63, 3.8) is 0 Å². The van der Waals surface area contributed by atoms with Crippen molar-refractivity contribution in [3.8, 4) is 0 Å². The molecule has 22 heavy (non-hydrogen) atoms. The van der Waals surface area contributed by atoms with Crippen LogP contribution in [0.5, 0.6) is 0 Å². The molecule has 0 bridgehead atoms. The molecule has 5 nitrogen and oxygen atoms in total. The lowest BCUT2D eigenvalue weighted by Crippen LogP contribution is -2.48. The molecule has 122 valence electrons. The first kappa shape index (κ1) is 15.9. The molecule has 0 saturated carbocycles. The molecule has 2 saturated heterocycles. The van der Waals surface area contributed by atoms with Crippen molar-refractivity contribution in [1.29, 1.82) is 0 Å². The highest BCUT2D eigenvalue weighted by Gasteiger charge is 2.43. The third-order valence-corrected chi connectivity index (χ3v) is 6.87. The number of aliphatic hydroxyl groups excluding tert-OH is 1. The van der Waals surface area contributed by atoms with Crippen molar-refractivity contribution in [3.05, 3.63) is 29.8 Å². The Morgan fingerprint density at radius 2 is 2.05 bits per heavy atom. The molecule has 0 radical (unpaired) electrons. The first-order chi connectivity index (χ1) is 10.5. The fourth-order valence-electron chi connectivity index (χ4n) is 3.58. The molecule has 0 aliphatic carbocycles. The van der Waals surface area contributed by atoms with E-state index < -0.39 is 16.1 Å². The minimum absolute atomic E-state index is 0.130. The standard InChI is InChI=1S/C16H23NO4S/c1-12-5-2-3-7-16(12)22(19,20)17-9-4-6-14(17)13-11-21-10-8-15(13)18/h2-3,5,7,13-15,18H,4,6,8-11H2,1H3/t13-,14+,15-/m0/s1. The number of aryl methyl sites for hydroxylation is 1. The molecule has 1 N–H and O–H groups in total. The van der Waals surface area contributed by atoms with Crippen LogP contribution in [0.25, 0.3) is 0 Å². The quantitative estimate of drug-likeness (QED) is 0.915. The second-order valence-corrected chi connectivity index (χ2v) is 8.04. The molecular weight excluding hydrogens is 302 g/mol. The predicted octanol–water partition coefficient (Wildman–Crippen LogP) is 1.55. The zero-order chi connectivity index (χ0) is 15.7. The van der Waals surface area contributed by atoms with Crippen molar-refractivity contribution >= 4 is 10.0 Å². The van der Waals surface area contributed by atoms with Crippen molar-refractivity contribution in [2.75, 3.05) is 19.8 Å². The molecule has 3 rings (SSSR count). The van der Waals surface area contributed by atoms with Crippen molar-refractivity contribution < 1.29 is 18.3 Å². The van der Waals surface area contributed by atoms with Gasteiger partial charge in [0, 0.05) is 25.1 Å². The van der Waals surface area contributed by atoms with E-state index in [2.05, 4.69) is 0 Å². The third-order valence-electron chi connectivity index (χ3n) is 4.79. The summed E-state index contributed by atoms with van der Waals surface area (Å²) in [5.74, 6) is -0.130. The zero-order valence-electron chi connectivity index (χ0n) is 12.8. The minimum Gasteiger partial charge on any atom is -0.393 e. The van der Waals surface area contributed by atoms with Gasteiger partial charge in [0.2, 0.25) is 10.0 Å². The van der Waals surface area contributed by atoms with E-state index in [-0.39, 0.29) is 12.0 Å². The largest absolute Gasteiger partial charge is 0.393 e. The molecular formula is C16H23NO4S. The normalized spacial score (nSPS) is 30.5. The van der Waals surface area contributed by atoms with Crippen LogP contribution in [0, 0.1) is 12.8 Å². The molecule has 6 heteroatoms. The fraction of sp³-hybridized carbons (Fsp3) is 0.625. The summed E-state index contributed by atoms with van der Waals surface area (Å²) in [5, 5.41) is 10.2. The second-order valence-electron chi connectivity index (χ2n) is 6.19. The zero-order valence-corrected chi connectivity index (χ0v) is 13.6. The summed E-state index contributed by atoms with van der Waals surface area (Å²) in [6.45, 7) is 3.32. The van der Waals surface area contributed by atoms with Gasteiger partial charge in [-0.15, -0.1) is 0 Å². The summed E-state index contributed by atoms with van der Waals surface area (Å²) >= 11 is 0.